The van der Waals surface area contributed by atoms with Crippen molar-refractivity contribution < 1.29 is 66.0 Å². The Morgan fingerprint density at radius 1 is 1.78 bits per heavy atom. The standard InChI is InChI=1S/C5H10O3.K/c1-3-4(8-2)5(6)7;/h4H,3H2,1-2H3,(H,6,7);/q;+1/p-1. The third kappa shape index (κ3) is 5.51. The number of aliphatic carboxylic acids is 1. The Bertz CT molecular complexity index is 80.3. The fraction of sp³-hybridized carbons (Fsp3) is 0.800. The molecule has 1 atom stereocenters. The minimum absolute atomic E-state index is 0. The van der Waals surface area contributed by atoms with E-state index in [0.717, 1.165) is 0 Å². The van der Waals surface area contributed by atoms with Gasteiger partial charge in [-0.2, -0.15) is 0 Å². The van der Waals surface area contributed by atoms with Crippen LogP contribution in [0.25, 0.3) is 0 Å². The van der Waals surface area contributed by atoms with E-state index in [0.29, 0.717) is 6.42 Å². The first-order valence-corrected chi connectivity index (χ1v) is 2.46. The molecule has 0 saturated heterocycles. The Kier molecular flexibility index (Phi) is 10.1. The molecule has 0 spiro atoms. The van der Waals surface area contributed by atoms with Gasteiger partial charge in [-0.1, -0.05) is 6.92 Å². The van der Waals surface area contributed by atoms with Crippen molar-refractivity contribution in [3.05, 3.63) is 0 Å². The van der Waals surface area contributed by atoms with Gasteiger partial charge in [0.25, 0.3) is 0 Å². The van der Waals surface area contributed by atoms with Crippen LogP contribution in [0.2, 0.25) is 0 Å². The van der Waals surface area contributed by atoms with Gasteiger partial charge < -0.3 is 14.6 Å². The molecule has 0 aromatic carbocycles. The molecular formula is C5H9KO3. The average Bonchev–Trinajstić information content (AvgIpc) is 1.69. The van der Waals surface area contributed by atoms with Gasteiger partial charge in [-0.3, -0.25) is 0 Å². The molecule has 0 heterocycles. The number of carboxylic acid groups (broad SMARTS) is 1. The van der Waals surface area contributed by atoms with E-state index in [1.54, 1.807) is 6.92 Å². The van der Waals surface area contributed by atoms with Gasteiger partial charge in [0, 0.05) is 7.11 Å². The van der Waals surface area contributed by atoms with Gasteiger partial charge in [0.2, 0.25) is 0 Å². The normalized spacial score (nSPS) is 11.8. The number of carbonyl (C=O) groups is 1. The van der Waals surface area contributed by atoms with Gasteiger partial charge in [-0.25, -0.2) is 0 Å². The predicted octanol–water partition coefficient (Wildman–Crippen LogP) is -3.83. The minimum atomic E-state index is -1.14. The van der Waals surface area contributed by atoms with E-state index in [9.17, 15) is 9.90 Å². The number of hydrogen-bond donors (Lipinski definition) is 0. The van der Waals surface area contributed by atoms with Crippen LogP contribution in [0.15, 0.2) is 0 Å². The molecule has 3 nitrogen and oxygen atoms in total. The van der Waals surface area contributed by atoms with Crippen molar-refractivity contribution in [1.29, 1.82) is 0 Å². The molecule has 0 radical (unpaired) electrons. The Morgan fingerprint density at radius 2 is 2.22 bits per heavy atom. The number of methoxy groups -OCH3 is 1. The van der Waals surface area contributed by atoms with Gasteiger partial charge >= 0.3 is 51.4 Å². The van der Waals surface area contributed by atoms with E-state index in [1.807, 2.05) is 0 Å². The molecule has 0 saturated carbocycles. The molecule has 0 N–H and O–H groups in total. The summed E-state index contributed by atoms with van der Waals surface area (Å²) in [7, 11) is 1.35. The van der Waals surface area contributed by atoms with Crippen molar-refractivity contribution in [2.75, 3.05) is 7.11 Å². The van der Waals surface area contributed by atoms with E-state index in [-0.39, 0.29) is 51.4 Å². The molecule has 0 aliphatic rings. The van der Waals surface area contributed by atoms with Crippen LogP contribution >= 0.6 is 0 Å². The van der Waals surface area contributed by atoms with Crippen LogP contribution in [0.3, 0.4) is 0 Å². The maximum absolute atomic E-state index is 9.93. The molecule has 0 aliphatic carbocycles. The first kappa shape index (κ1) is 12.7. The molecule has 0 aromatic heterocycles. The van der Waals surface area contributed by atoms with Crippen molar-refractivity contribution in [1.82, 2.24) is 0 Å². The molecule has 0 aliphatic heterocycles. The van der Waals surface area contributed by atoms with E-state index < -0.39 is 12.1 Å². The second kappa shape index (κ2) is 7.18. The Morgan fingerprint density at radius 3 is 2.22 bits per heavy atom. The van der Waals surface area contributed by atoms with E-state index in [4.69, 9.17) is 0 Å². The van der Waals surface area contributed by atoms with Crippen molar-refractivity contribution in [2.45, 2.75) is 19.4 Å². The largest absolute Gasteiger partial charge is 1.00 e. The Balaban J connectivity index is 0. The first-order valence-electron chi connectivity index (χ1n) is 2.46. The van der Waals surface area contributed by atoms with Gasteiger partial charge in [-0.05, 0) is 6.42 Å². The molecule has 0 rings (SSSR count). The number of rotatable bonds is 3. The number of carboxylic acids is 1. The SMILES string of the molecule is CCC(OC)C(=O)[O-].[K+]. The summed E-state index contributed by atoms with van der Waals surface area (Å²) in [6.07, 6.45) is -0.284. The maximum atomic E-state index is 9.93. The van der Waals surface area contributed by atoms with Gasteiger partial charge in [0.05, 0.1) is 12.1 Å². The molecule has 0 fully saturated rings. The summed E-state index contributed by atoms with van der Waals surface area (Å²) in [6, 6.07) is 0. The van der Waals surface area contributed by atoms with Crippen molar-refractivity contribution >= 4 is 5.97 Å². The second-order valence-electron chi connectivity index (χ2n) is 1.45. The summed E-state index contributed by atoms with van der Waals surface area (Å²) in [5.41, 5.74) is 0. The van der Waals surface area contributed by atoms with Crippen LogP contribution in [0, 0.1) is 0 Å². The predicted molar refractivity (Wildman–Crippen MR) is 26.1 cm³/mol. The Hall–Kier alpha value is 1.07. The summed E-state index contributed by atoms with van der Waals surface area (Å²) in [4.78, 5) is 9.93. The van der Waals surface area contributed by atoms with E-state index >= 15 is 0 Å². The van der Waals surface area contributed by atoms with E-state index in [2.05, 4.69) is 4.74 Å². The van der Waals surface area contributed by atoms with Crippen LogP contribution in [-0.4, -0.2) is 19.2 Å². The fourth-order valence-corrected chi connectivity index (χ4v) is 0.430. The number of ether oxygens (including phenoxy) is 1. The summed E-state index contributed by atoms with van der Waals surface area (Å²) in [6.45, 7) is 1.73. The topological polar surface area (TPSA) is 49.4 Å². The fourth-order valence-electron chi connectivity index (χ4n) is 0.430. The van der Waals surface area contributed by atoms with Crippen molar-refractivity contribution in [2.24, 2.45) is 0 Å². The number of hydrogen-bond acceptors (Lipinski definition) is 3. The molecular weight excluding hydrogens is 147 g/mol. The molecule has 1 unspecified atom stereocenters. The quantitative estimate of drug-likeness (QED) is 0.393. The smallest absolute Gasteiger partial charge is 0.547 e. The van der Waals surface area contributed by atoms with Gasteiger partial charge in [0.1, 0.15) is 0 Å². The van der Waals surface area contributed by atoms with Gasteiger partial charge in [0.15, 0.2) is 0 Å². The first-order chi connectivity index (χ1) is 3.72. The number of carbonyl (C=O) groups excluding carboxylic acids is 1. The minimum Gasteiger partial charge on any atom is -0.547 e. The average molecular weight is 156 g/mol. The zero-order valence-electron chi connectivity index (χ0n) is 6.01. The third-order valence-corrected chi connectivity index (χ3v) is 0.918. The molecule has 4 heteroatoms. The van der Waals surface area contributed by atoms with Crippen LogP contribution in [0.1, 0.15) is 13.3 Å². The van der Waals surface area contributed by atoms with Crippen LogP contribution < -0.4 is 56.5 Å². The van der Waals surface area contributed by atoms with Crippen LogP contribution in [0.4, 0.5) is 0 Å². The molecule has 9 heavy (non-hydrogen) atoms. The second-order valence-corrected chi connectivity index (χ2v) is 1.45. The van der Waals surface area contributed by atoms with E-state index in [1.165, 1.54) is 7.11 Å². The molecule has 0 aromatic rings. The summed E-state index contributed by atoms with van der Waals surface area (Å²) in [5, 5.41) is 9.93. The molecule has 0 amide bonds. The monoisotopic (exact) mass is 156 g/mol. The van der Waals surface area contributed by atoms with Crippen molar-refractivity contribution in [3.63, 3.8) is 0 Å². The van der Waals surface area contributed by atoms with Crippen LogP contribution in [-0.2, 0) is 9.53 Å². The summed E-state index contributed by atoms with van der Waals surface area (Å²) in [5.74, 6) is -1.14. The summed E-state index contributed by atoms with van der Waals surface area (Å²) < 4.78 is 4.50. The van der Waals surface area contributed by atoms with Gasteiger partial charge in [-0.15, -0.1) is 0 Å². The zero-order chi connectivity index (χ0) is 6.57. The maximum Gasteiger partial charge on any atom is 1.00 e. The molecule has 48 valence electrons. The summed E-state index contributed by atoms with van der Waals surface area (Å²) >= 11 is 0. The third-order valence-electron chi connectivity index (χ3n) is 0.918. The Labute approximate surface area is 97.2 Å². The van der Waals surface area contributed by atoms with Crippen molar-refractivity contribution in [3.8, 4) is 0 Å². The molecule has 0 bridgehead atoms. The van der Waals surface area contributed by atoms with Crippen LogP contribution in [0.5, 0.6) is 0 Å². The zero-order valence-corrected chi connectivity index (χ0v) is 9.13.